The summed E-state index contributed by atoms with van der Waals surface area (Å²) in [6.45, 7) is -0.169. The van der Waals surface area contributed by atoms with E-state index in [1.54, 1.807) is 24.3 Å². The molecule has 144 valence electrons. The molecule has 0 aliphatic carbocycles. The topological polar surface area (TPSA) is 90.3 Å². The van der Waals surface area contributed by atoms with Gasteiger partial charge in [-0.25, -0.2) is 4.98 Å². The van der Waals surface area contributed by atoms with Crippen LogP contribution in [0.3, 0.4) is 0 Å². The highest BCUT2D eigenvalue weighted by molar-refractivity contribution is 5.81. The predicted octanol–water partition coefficient (Wildman–Crippen LogP) is 1.69. The van der Waals surface area contributed by atoms with Gasteiger partial charge in [0.25, 0.3) is 11.5 Å². The molecule has 0 unspecified atom stereocenters. The number of ether oxygens (including phenoxy) is 1. The summed E-state index contributed by atoms with van der Waals surface area (Å²) in [6, 6.07) is 16.9. The van der Waals surface area contributed by atoms with Crippen LogP contribution in [0.25, 0.3) is 10.9 Å². The largest absolute Gasteiger partial charge is 0.454 e. The van der Waals surface area contributed by atoms with E-state index in [0.717, 1.165) is 12.8 Å². The van der Waals surface area contributed by atoms with Crippen molar-refractivity contribution in [2.75, 3.05) is 13.2 Å². The van der Waals surface area contributed by atoms with Crippen LogP contribution in [0.1, 0.15) is 12.0 Å². The maximum atomic E-state index is 12.3. The molecule has 7 heteroatoms. The van der Waals surface area contributed by atoms with E-state index in [9.17, 15) is 14.4 Å². The molecule has 28 heavy (non-hydrogen) atoms. The van der Waals surface area contributed by atoms with Gasteiger partial charge in [0.05, 0.1) is 17.2 Å². The highest BCUT2D eigenvalue weighted by Crippen LogP contribution is 2.04. The zero-order valence-corrected chi connectivity index (χ0v) is 15.3. The molecule has 0 saturated heterocycles. The number of carbonyl (C=O) groups is 2. The summed E-state index contributed by atoms with van der Waals surface area (Å²) in [5.41, 5.74) is 1.44. The van der Waals surface area contributed by atoms with Crippen LogP contribution in [-0.2, 0) is 27.3 Å². The number of hydrogen-bond acceptors (Lipinski definition) is 5. The van der Waals surface area contributed by atoms with Gasteiger partial charge in [0, 0.05) is 6.54 Å². The first-order chi connectivity index (χ1) is 13.6. The molecule has 0 spiro atoms. The number of esters is 1. The average Bonchev–Trinajstić information content (AvgIpc) is 2.73. The maximum Gasteiger partial charge on any atom is 0.326 e. The molecule has 1 N–H and O–H groups in total. The van der Waals surface area contributed by atoms with E-state index in [0.29, 0.717) is 17.4 Å². The van der Waals surface area contributed by atoms with Gasteiger partial charge in [0.2, 0.25) is 0 Å². The Kier molecular flexibility index (Phi) is 6.51. The van der Waals surface area contributed by atoms with Gasteiger partial charge in [-0.1, -0.05) is 42.5 Å². The highest BCUT2D eigenvalue weighted by Gasteiger charge is 2.11. The summed E-state index contributed by atoms with van der Waals surface area (Å²) >= 11 is 0. The predicted molar refractivity (Wildman–Crippen MR) is 105 cm³/mol. The fraction of sp³-hybridized carbons (Fsp3) is 0.238. The molecule has 0 radical (unpaired) electrons. The lowest BCUT2D eigenvalue weighted by Crippen LogP contribution is -2.31. The zero-order valence-electron chi connectivity index (χ0n) is 15.3. The van der Waals surface area contributed by atoms with Gasteiger partial charge < -0.3 is 10.1 Å². The molecular formula is C21H21N3O4. The molecule has 0 aliphatic rings. The van der Waals surface area contributed by atoms with E-state index < -0.39 is 5.97 Å². The fourth-order valence-corrected chi connectivity index (χ4v) is 2.77. The van der Waals surface area contributed by atoms with Gasteiger partial charge >= 0.3 is 5.97 Å². The van der Waals surface area contributed by atoms with E-state index >= 15 is 0 Å². The van der Waals surface area contributed by atoms with Crippen molar-refractivity contribution in [1.82, 2.24) is 14.9 Å². The zero-order chi connectivity index (χ0) is 19.8. The van der Waals surface area contributed by atoms with Crippen LogP contribution in [0.2, 0.25) is 0 Å². The van der Waals surface area contributed by atoms with Gasteiger partial charge in [-0.15, -0.1) is 0 Å². The van der Waals surface area contributed by atoms with E-state index in [1.165, 1.54) is 16.5 Å². The van der Waals surface area contributed by atoms with Crippen LogP contribution < -0.4 is 10.9 Å². The number of amides is 1. The van der Waals surface area contributed by atoms with Crippen molar-refractivity contribution >= 4 is 22.8 Å². The molecule has 0 fully saturated rings. The molecule has 0 atom stereocenters. The number of benzene rings is 2. The summed E-state index contributed by atoms with van der Waals surface area (Å²) in [5, 5.41) is 3.14. The molecule has 3 rings (SSSR count). The molecular weight excluding hydrogens is 358 g/mol. The van der Waals surface area contributed by atoms with Crippen molar-refractivity contribution < 1.29 is 14.3 Å². The molecule has 0 saturated carbocycles. The van der Waals surface area contributed by atoms with Gasteiger partial charge in [-0.2, -0.15) is 0 Å². The minimum Gasteiger partial charge on any atom is -0.454 e. The third kappa shape index (κ3) is 5.26. The number of hydrogen-bond donors (Lipinski definition) is 1. The van der Waals surface area contributed by atoms with Crippen LogP contribution in [-0.4, -0.2) is 34.6 Å². The summed E-state index contributed by atoms with van der Waals surface area (Å²) in [6.07, 6.45) is 2.95. The van der Waals surface area contributed by atoms with Crippen molar-refractivity contribution in [2.45, 2.75) is 19.4 Å². The number of carbonyl (C=O) groups excluding carboxylic acids is 2. The van der Waals surface area contributed by atoms with E-state index in [2.05, 4.69) is 10.3 Å². The van der Waals surface area contributed by atoms with E-state index in [-0.39, 0.29) is 24.6 Å². The third-order valence-electron chi connectivity index (χ3n) is 4.20. The molecule has 7 nitrogen and oxygen atoms in total. The number of aromatic nitrogens is 2. The van der Waals surface area contributed by atoms with Crippen LogP contribution in [0.15, 0.2) is 65.7 Å². The number of aryl methyl sites for hydroxylation is 1. The first kappa shape index (κ1) is 19.3. The van der Waals surface area contributed by atoms with Crippen LogP contribution >= 0.6 is 0 Å². The minimum atomic E-state index is -0.668. The summed E-state index contributed by atoms with van der Waals surface area (Å²) < 4.78 is 6.12. The van der Waals surface area contributed by atoms with Crippen molar-refractivity contribution in [3.63, 3.8) is 0 Å². The lowest BCUT2D eigenvalue weighted by atomic mass is 10.1. The highest BCUT2D eigenvalue weighted by atomic mass is 16.5. The monoisotopic (exact) mass is 379 g/mol. The molecule has 3 aromatic rings. The summed E-state index contributed by atoms with van der Waals surface area (Å²) in [4.78, 5) is 40.2. The molecule has 1 heterocycles. The average molecular weight is 379 g/mol. The first-order valence-electron chi connectivity index (χ1n) is 9.04. The van der Waals surface area contributed by atoms with E-state index in [4.69, 9.17) is 4.74 Å². The van der Waals surface area contributed by atoms with E-state index in [1.807, 2.05) is 30.3 Å². The third-order valence-corrected chi connectivity index (χ3v) is 4.20. The minimum absolute atomic E-state index is 0.294. The second kappa shape index (κ2) is 9.45. The summed E-state index contributed by atoms with van der Waals surface area (Å²) in [7, 11) is 0. The quantitative estimate of drug-likeness (QED) is 0.475. The second-order valence-electron chi connectivity index (χ2n) is 6.29. The Morgan fingerprint density at radius 3 is 2.61 bits per heavy atom. The van der Waals surface area contributed by atoms with Gasteiger partial charge in [0.15, 0.2) is 6.61 Å². The lowest BCUT2D eigenvalue weighted by Gasteiger charge is -2.08. The SMILES string of the molecule is O=C(COC(=O)Cn1cnc2ccccc2c1=O)NCCCc1ccccc1. The second-order valence-corrected chi connectivity index (χ2v) is 6.29. The van der Waals surface area contributed by atoms with Crippen molar-refractivity contribution in [3.8, 4) is 0 Å². The maximum absolute atomic E-state index is 12.3. The van der Waals surface area contributed by atoms with Crippen LogP contribution in [0, 0.1) is 0 Å². The van der Waals surface area contributed by atoms with Gasteiger partial charge in [-0.3, -0.25) is 19.0 Å². The Morgan fingerprint density at radius 2 is 1.79 bits per heavy atom. The normalized spacial score (nSPS) is 10.6. The van der Waals surface area contributed by atoms with Crippen molar-refractivity contribution in [2.24, 2.45) is 0 Å². The van der Waals surface area contributed by atoms with Crippen LogP contribution in [0.5, 0.6) is 0 Å². The van der Waals surface area contributed by atoms with Gasteiger partial charge in [0.1, 0.15) is 6.54 Å². The first-order valence-corrected chi connectivity index (χ1v) is 9.04. The fourth-order valence-electron chi connectivity index (χ4n) is 2.77. The molecule has 1 aromatic heterocycles. The molecule has 1 amide bonds. The number of para-hydroxylation sites is 1. The van der Waals surface area contributed by atoms with Gasteiger partial charge in [-0.05, 0) is 30.5 Å². The van der Waals surface area contributed by atoms with Crippen molar-refractivity contribution in [3.05, 3.63) is 76.8 Å². The Hall–Kier alpha value is -3.48. The molecule has 0 aliphatic heterocycles. The van der Waals surface area contributed by atoms with Crippen molar-refractivity contribution in [1.29, 1.82) is 0 Å². The Morgan fingerprint density at radius 1 is 1.04 bits per heavy atom. The molecule has 2 aromatic carbocycles. The Bertz CT molecular complexity index is 1010. The lowest BCUT2D eigenvalue weighted by molar-refractivity contribution is -0.149. The number of nitrogens with one attached hydrogen (secondary N) is 1. The molecule has 0 bridgehead atoms. The Labute approximate surface area is 162 Å². The number of rotatable bonds is 8. The van der Waals surface area contributed by atoms with Crippen LogP contribution in [0.4, 0.5) is 0 Å². The Balaban J connectivity index is 1.41. The number of fused-ring (bicyclic) bond motifs is 1. The standard InChI is InChI=1S/C21H21N3O4/c25-19(22-12-6-9-16-7-2-1-3-8-16)14-28-20(26)13-24-15-23-18-11-5-4-10-17(18)21(24)27/h1-5,7-8,10-11,15H,6,9,12-14H2,(H,22,25). The smallest absolute Gasteiger partial charge is 0.326 e. The summed E-state index contributed by atoms with van der Waals surface area (Å²) in [5.74, 6) is -1.04. The number of nitrogens with zero attached hydrogens (tertiary/aromatic N) is 2.